The summed E-state index contributed by atoms with van der Waals surface area (Å²) in [4.78, 5) is 11.4. The third-order valence-electron chi connectivity index (χ3n) is 2.53. The van der Waals surface area contributed by atoms with Crippen LogP contribution in [0.15, 0.2) is 18.2 Å². The van der Waals surface area contributed by atoms with Crippen molar-refractivity contribution in [2.75, 3.05) is 13.2 Å². The highest BCUT2D eigenvalue weighted by Crippen LogP contribution is 2.20. The highest BCUT2D eigenvalue weighted by molar-refractivity contribution is 5.77. The van der Waals surface area contributed by atoms with E-state index in [0.717, 1.165) is 16.9 Å². The third kappa shape index (κ3) is 4.44. The summed E-state index contributed by atoms with van der Waals surface area (Å²) in [6, 6.07) is 5.75. The molecule has 0 saturated carbocycles. The molecule has 0 heterocycles. The predicted molar refractivity (Wildman–Crippen MR) is 68.1 cm³/mol. The van der Waals surface area contributed by atoms with Crippen LogP contribution in [0.4, 0.5) is 0 Å². The van der Waals surface area contributed by atoms with Crippen molar-refractivity contribution in [3.63, 3.8) is 0 Å². The maximum absolute atomic E-state index is 11.4. The smallest absolute Gasteiger partial charge is 0.257 e. The maximum Gasteiger partial charge on any atom is 0.257 e. The molecular weight excluding hydrogens is 216 g/mol. The number of benzene rings is 1. The fourth-order valence-corrected chi connectivity index (χ4v) is 1.35. The third-order valence-corrected chi connectivity index (χ3v) is 2.53. The Morgan fingerprint density at radius 3 is 2.82 bits per heavy atom. The number of hydrogen-bond acceptors (Lipinski definition) is 3. The molecule has 0 aliphatic rings. The van der Waals surface area contributed by atoms with Crippen LogP contribution in [0.1, 0.15) is 18.1 Å². The summed E-state index contributed by atoms with van der Waals surface area (Å²) in [5.41, 5.74) is 7.75. The Labute approximate surface area is 102 Å². The van der Waals surface area contributed by atoms with Crippen LogP contribution in [0.3, 0.4) is 0 Å². The molecule has 1 aromatic rings. The lowest BCUT2D eigenvalue weighted by atomic mass is 10.1. The molecule has 4 nitrogen and oxygen atoms in total. The minimum absolute atomic E-state index is 0.0248. The normalized spacial score (nSPS) is 12.0. The van der Waals surface area contributed by atoms with Gasteiger partial charge in [0.25, 0.3) is 5.91 Å². The zero-order valence-electron chi connectivity index (χ0n) is 10.6. The van der Waals surface area contributed by atoms with Crippen molar-refractivity contribution in [1.29, 1.82) is 0 Å². The van der Waals surface area contributed by atoms with Crippen LogP contribution in [0.5, 0.6) is 5.75 Å². The van der Waals surface area contributed by atoms with Gasteiger partial charge in [-0.05, 0) is 38.0 Å². The van der Waals surface area contributed by atoms with Crippen LogP contribution >= 0.6 is 0 Å². The van der Waals surface area contributed by atoms with Gasteiger partial charge in [-0.3, -0.25) is 4.79 Å². The van der Waals surface area contributed by atoms with E-state index < -0.39 is 0 Å². The molecule has 1 rings (SSSR count). The van der Waals surface area contributed by atoms with Crippen molar-refractivity contribution in [2.24, 2.45) is 5.73 Å². The molecule has 0 aliphatic carbocycles. The zero-order valence-corrected chi connectivity index (χ0v) is 10.6. The Bertz CT molecular complexity index is 389. The Kier molecular flexibility index (Phi) is 4.97. The highest BCUT2D eigenvalue weighted by Gasteiger charge is 2.06. The lowest BCUT2D eigenvalue weighted by Gasteiger charge is -2.11. The fourth-order valence-electron chi connectivity index (χ4n) is 1.35. The number of nitrogens with one attached hydrogen (secondary N) is 1. The van der Waals surface area contributed by atoms with E-state index in [-0.39, 0.29) is 18.6 Å². The van der Waals surface area contributed by atoms with Crippen LogP contribution in [0.2, 0.25) is 0 Å². The summed E-state index contributed by atoms with van der Waals surface area (Å²) in [6.07, 6.45) is 0. The molecule has 0 radical (unpaired) electrons. The van der Waals surface area contributed by atoms with E-state index in [1.54, 1.807) is 0 Å². The number of nitrogens with two attached hydrogens (primary N) is 1. The second-order valence-corrected chi connectivity index (χ2v) is 4.27. The van der Waals surface area contributed by atoms with Gasteiger partial charge in [0.1, 0.15) is 5.75 Å². The molecular formula is C13H20N2O2. The number of aryl methyl sites for hydroxylation is 1. The number of carbonyl (C=O) groups is 1. The van der Waals surface area contributed by atoms with E-state index in [9.17, 15) is 4.79 Å². The van der Waals surface area contributed by atoms with Gasteiger partial charge in [0, 0.05) is 12.6 Å². The second-order valence-electron chi connectivity index (χ2n) is 4.27. The van der Waals surface area contributed by atoms with Gasteiger partial charge in [0.05, 0.1) is 0 Å². The van der Waals surface area contributed by atoms with Crippen LogP contribution < -0.4 is 15.8 Å². The second kappa shape index (κ2) is 6.25. The number of ether oxygens (including phenoxy) is 1. The molecule has 0 bridgehead atoms. The molecule has 0 aliphatic heterocycles. The van der Waals surface area contributed by atoms with Crippen molar-refractivity contribution < 1.29 is 9.53 Å². The van der Waals surface area contributed by atoms with Crippen molar-refractivity contribution in [2.45, 2.75) is 26.8 Å². The van der Waals surface area contributed by atoms with Crippen LogP contribution in [0.25, 0.3) is 0 Å². The SMILES string of the molecule is Cc1cccc(OCC(=O)NCC(C)N)c1C. The number of carbonyl (C=O) groups excluding carboxylic acids is 1. The lowest BCUT2D eigenvalue weighted by molar-refractivity contribution is -0.123. The van der Waals surface area contributed by atoms with Crippen LogP contribution in [0, 0.1) is 13.8 Å². The molecule has 0 saturated heterocycles. The average Bonchev–Trinajstić information content (AvgIpc) is 2.28. The summed E-state index contributed by atoms with van der Waals surface area (Å²) in [6.45, 7) is 6.32. The topological polar surface area (TPSA) is 64.3 Å². The maximum atomic E-state index is 11.4. The summed E-state index contributed by atoms with van der Waals surface area (Å²) in [5, 5.41) is 2.70. The Balaban J connectivity index is 2.45. The quantitative estimate of drug-likeness (QED) is 0.806. The summed E-state index contributed by atoms with van der Waals surface area (Å²) >= 11 is 0. The van der Waals surface area contributed by atoms with Crippen molar-refractivity contribution in [3.8, 4) is 5.75 Å². The zero-order chi connectivity index (χ0) is 12.8. The first-order valence-electron chi connectivity index (χ1n) is 5.72. The Hall–Kier alpha value is -1.55. The fraction of sp³-hybridized carbons (Fsp3) is 0.462. The molecule has 3 N–H and O–H groups in total. The van der Waals surface area contributed by atoms with Crippen molar-refractivity contribution in [1.82, 2.24) is 5.32 Å². The van der Waals surface area contributed by atoms with E-state index in [4.69, 9.17) is 10.5 Å². The average molecular weight is 236 g/mol. The van der Waals surface area contributed by atoms with Gasteiger partial charge in [-0.1, -0.05) is 12.1 Å². The van der Waals surface area contributed by atoms with Gasteiger partial charge in [-0.15, -0.1) is 0 Å². The molecule has 0 aromatic heterocycles. The first-order chi connectivity index (χ1) is 8.00. The van der Waals surface area contributed by atoms with Gasteiger partial charge < -0.3 is 15.8 Å². The number of rotatable bonds is 5. The van der Waals surface area contributed by atoms with Gasteiger partial charge in [-0.25, -0.2) is 0 Å². The Morgan fingerprint density at radius 2 is 2.18 bits per heavy atom. The number of hydrogen-bond donors (Lipinski definition) is 2. The van der Waals surface area contributed by atoms with Crippen molar-refractivity contribution >= 4 is 5.91 Å². The summed E-state index contributed by atoms with van der Waals surface area (Å²) in [7, 11) is 0. The largest absolute Gasteiger partial charge is 0.483 e. The monoisotopic (exact) mass is 236 g/mol. The van der Waals surface area contributed by atoms with E-state index >= 15 is 0 Å². The lowest BCUT2D eigenvalue weighted by Crippen LogP contribution is -2.37. The summed E-state index contributed by atoms with van der Waals surface area (Å²) < 4.78 is 5.46. The standard InChI is InChI=1S/C13H20N2O2/c1-9-5-4-6-12(11(9)3)17-8-13(16)15-7-10(2)14/h4-6,10H,7-8,14H2,1-3H3,(H,15,16). The van der Waals surface area contributed by atoms with Crippen LogP contribution in [-0.4, -0.2) is 25.1 Å². The minimum atomic E-state index is -0.150. The molecule has 1 unspecified atom stereocenters. The molecule has 1 amide bonds. The molecule has 1 atom stereocenters. The number of amides is 1. The van der Waals surface area contributed by atoms with Gasteiger partial charge in [0.15, 0.2) is 6.61 Å². The van der Waals surface area contributed by atoms with E-state index in [2.05, 4.69) is 5.32 Å². The molecule has 94 valence electrons. The molecule has 0 fully saturated rings. The van der Waals surface area contributed by atoms with Gasteiger partial charge in [-0.2, -0.15) is 0 Å². The van der Waals surface area contributed by atoms with Crippen LogP contribution in [-0.2, 0) is 4.79 Å². The first-order valence-corrected chi connectivity index (χ1v) is 5.72. The highest BCUT2D eigenvalue weighted by atomic mass is 16.5. The van der Waals surface area contributed by atoms with E-state index in [0.29, 0.717) is 6.54 Å². The molecule has 1 aromatic carbocycles. The summed E-state index contributed by atoms with van der Waals surface area (Å²) in [5.74, 6) is 0.601. The van der Waals surface area contributed by atoms with Gasteiger partial charge >= 0.3 is 0 Å². The molecule has 17 heavy (non-hydrogen) atoms. The molecule has 4 heteroatoms. The minimum Gasteiger partial charge on any atom is -0.483 e. The Morgan fingerprint density at radius 1 is 1.47 bits per heavy atom. The van der Waals surface area contributed by atoms with E-state index in [1.165, 1.54) is 0 Å². The van der Waals surface area contributed by atoms with Crippen molar-refractivity contribution in [3.05, 3.63) is 29.3 Å². The molecule has 0 spiro atoms. The predicted octanol–water partition coefficient (Wildman–Crippen LogP) is 1.15. The van der Waals surface area contributed by atoms with E-state index in [1.807, 2.05) is 39.0 Å². The van der Waals surface area contributed by atoms with Gasteiger partial charge in [0.2, 0.25) is 0 Å². The first kappa shape index (κ1) is 13.5.